The molecule has 3 aromatic rings. The van der Waals surface area contributed by atoms with Gasteiger partial charge in [-0.1, -0.05) is 74.4 Å². The fraction of sp³-hybridized carbons (Fsp3) is 0.371. The van der Waals surface area contributed by atoms with Gasteiger partial charge in [0.25, 0.3) is 5.91 Å². The monoisotopic (exact) mass is 642 g/mol. The first-order valence-electron chi connectivity index (χ1n) is 15.9. The Bertz CT molecular complexity index is 1550. The molecule has 2 saturated heterocycles. The van der Waals surface area contributed by atoms with Crippen LogP contribution in [0.1, 0.15) is 53.2 Å². The zero-order valence-corrected chi connectivity index (χ0v) is 26.8. The van der Waals surface area contributed by atoms with Gasteiger partial charge in [0.1, 0.15) is 18.0 Å². The van der Waals surface area contributed by atoms with Gasteiger partial charge in [0.05, 0.1) is 20.2 Å². The summed E-state index contributed by atoms with van der Waals surface area (Å²) in [6.07, 6.45) is 2.15. The fourth-order valence-corrected chi connectivity index (χ4v) is 6.17. The summed E-state index contributed by atoms with van der Waals surface area (Å²) in [5.41, 5.74) is 5.09. The highest BCUT2D eigenvalue weighted by molar-refractivity contribution is 5.94. The normalized spacial score (nSPS) is 18.2. The van der Waals surface area contributed by atoms with Crippen molar-refractivity contribution in [3.63, 3.8) is 0 Å². The quantitative estimate of drug-likeness (QED) is 0.204. The van der Waals surface area contributed by atoms with E-state index in [-0.39, 0.29) is 49.7 Å². The van der Waals surface area contributed by atoms with E-state index >= 15 is 0 Å². The van der Waals surface area contributed by atoms with Crippen molar-refractivity contribution in [2.75, 3.05) is 26.7 Å². The molecule has 0 bridgehead atoms. The van der Waals surface area contributed by atoms with E-state index in [0.29, 0.717) is 24.2 Å². The van der Waals surface area contributed by atoms with Gasteiger partial charge in [-0.2, -0.15) is 0 Å². The zero-order chi connectivity index (χ0) is 33.3. The molecule has 47 heavy (non-hydrogen) atoms. The van der Waals surface area contributed by atoms with E-state index in [1.54, 1.807) is 62.3 Å². The highest BCUT2D eigenvalue weighted by atomic mass is 16.6. The molecule has 2 unspecified atom stereocenters. The molecule has 0 aliphatic carbocycles. The molecule has 0 radical (unpaired) electrons. The van der Waals surface area contributed by atoms with Crippen LogP contribution in [0.5, 0.6) is 5.75 Å². The summed E-state index contributed by atoms with van der Waals surface area (Å²) in [5, 5.41) is 16.3. The van der Waals surface area contributed by atoms with Gasteiger partial charge in [0, 0.05) is 31.6 Å². The number of carbonyl (C=O) groups excluding carboxylic acids is 4. The van der Waals surface area contributed by atoms with Gasteiger partial charge < -0.3 is 20.2 Å². The molecule has 0 saturated carbocycles. The number of hydrogen-bond acceptors (Lipinski definition) is 7. The van der Waals surface area contributed by atoms with Crippen LogP contribution in [-0.2, 0) is 33.9 Å². The predicted octanol–water partition coefficient (Wildman–Crippen LogP) is 3.42. The maximum atomic E-state index is 14.3. The summed E-state index contributed by atoms with van der Waals surface area (Å²) < 4.78 is 0. The van der Waals surface area contributed by atoms with Crippen molar-refractivity contribution in [1.82, 2.24) is 30.6 Å². The standard InChI is InChI=1S/C35H42N6O6/c1-3-4-8-18-39-24-32(43)40-30(20-25-14-16-29(42)17-15-25)34(45)38(22-27-12-9-13-28(19-27)33(44)37-47-2)23-31(40)41(39)35(46)36-21-26-10-6-5-7-11-26/h5-7,9-17,19,30-31,42H,3-4,8,18,20-24H2,1-2H3,(H,36,46)(H,37,44). The zero-order valence-electron chi connectivity index (χ0n) is 26.8. The minimum Gasteiger partial charge on any atom is -0.508 e. The molecule has 5 amide bonds. The van der Waals surface area contributed by atoms with Crippen molar-refractivity contribution >= 4 is 23.8 Å². The van der Waals surface area contributed by atoms with Crippen LogP contribution in [0.2, 0.25) is 0 Å². The van der Waals surface area contributed by atoms with Gasteiger partial charge in [0.15, 0.2) is 0 Å². The molecule has 2 atom stereocenters. The van der Waals surface area contributed by atoms with Crippen molar-refractivity contribution < 1.29 is 29.1 Å². The first kappa shape index (κ1) is 33.4. The Morgan fingerprint density at radius 3 is 2.40 bits per heavy atom. The van der Waals surface area contributed by atoms with Gasteiger partial charge in [-0.3, -0.25) is 19.2 Å². The number of phenols is 1. The molecule has 2 fully saturated rings. The van der Waals surface area contributed by atoms with Gasteiger partial charge in [-0.25, -0.2) is 20.3 Å². The van der Waals surface area contributed by atoms with Crippen LogP contribution in [0.4, 0.5) is 4.79 Å². The number of nitrogens with one attached hydrogen (secondary N) is 2. The lowest BCUT2D eigenvalue weighted by molar-refractivity contribution is -0.191. The average Bonchev–Trinajstić information content (AvgIpc) is 3.07. The van der Waals surface area contributed by atoms with Crippen molar-refractivity contribution in [1.29, 1.82) is 0 Å². The Morgan fingerprint density at radius 2 is 1.68 bits per heavy atom. The number of unbranched alkanes of at least 4 members (excludes halogenated alkanes) is 2. The number of nitrogens with zero attached hydrogens (tertiary/aromatic N) is 4. The number of urea groups is 1. The average molecular weight is 643 g/mol. The number of carbonyl (C=O) groups is 4. The minimum absolute atomic E-state index is 0.0328. The summed E-state index contributed by atoms with van der Waals surface area (Å²) in [7, 11) is 1.35. The smallest absolute Gasteiger partial charge is 0.334 e. The maximum absolute atomic E-state index is 14.3. The van der Waals surface area contributed by atoms with Crippen LogP contribution in [0.25, 0.3) is 0 Å². The maximum Gasteiger partial charge on any atom is 0.334 e. The molecule has 2 aliphatic heterocycles. The number of fused-ring (bicyclic) bond motifs is 1. The largest absolute Gasteiger partial charge is 0.508 e. The van der Waals surface area contributed by atoms with E-state index in [9.17, 15) is 24.3 Å². The molecule has 0 spiro atoms. The Balaban J connectivity index is 1.49. The molecule has 5 rings (SSSR count). The van der Waals surface area contributed by atoms with Crippen LogP contribution in [0.15, 0.2) is 78.9 Å². The molecular weight excluding hydrogens is 600 g/mol. The summed E-state index contributed by atoms with van der Waals surface area (Å²) >= 11 is 0. The number of hydrazine groups is 1. The lowest BCUT2D eigenvalue weighted by Gasteiger charge is -2.55. The van der Waals surface area contributed by atoms with Gasteiger partial charge in [-0.15, -0.1) is 0 Å². The van der Waals surface area contributed by atoms with E-state index in [1.165, 1.54) is 7.11 Å². The third-order valence-corrected chi connectivity index (χ3v) is 8.47. The van der Waals surface area contributed by atoms with Crippen molar-refractivity contribution in [2.45, 2.75) is 57.9 Å². The highest BCUT2D eigenvalue weighted by Crippen LogP contribution is 2.30. The van der Waals surface area contributed by atoms with Gasteiger partial charge >= 0.3 is 6.03 Å². The Labute approximate surface area is 274 Å². The molecule has 2 aliphatic rings. The summed E-state index contributed by atoms with van der Waals surface area (Å²) in [4.78, 5) is 62.7. The summed E-state index contributed by atoms with van der Waals surface area (Å²) in [6, 6.07) is 21.8. The van der Waals surface area contributed by atoms with Gasteiger partial charge in [0.2, 0.25) is 11.8 Å². The Kier molecular flexibility index (Phi) is 11.1. The summed E-state index contributed by atoms with van der Waals surface area (Å²) in [5.74, 6) is -0.816. The van der Waals surface area contributed by atoms with E-state index in [2.05, 4.69) is 17.7 Å². The molecular formula is C35H42N6O6. The number of amides is 5. The van der Waals surface area contributed by atoms with Crippen molar-refractivity contribution in [2.24, 2.45) is 0 Å². The third kappa shape index (κ3) is 8.08. The van der Waals surface area contributed by atoms with E-state index in [1.807, 2.05) is 36.4 Å². The highest BCUT2D eigenvalue weighted by Gasteiger charge is 2.51. The van der Waals surface area contributed by atoms with Crippen molar-refractivity contribution in [3.8, 4) is 5.75 Å². The number of piperazine rings is 1. The molecule has 3 aromatic carbocycles. The number of phenolic OH excluding ortho intramolecular Hbond substituents is 1. The lowest BCUT2D eigenvalue weighted by atomic mass is 9.98. The number of rotatable bonds is 12. The van der Waals surface area contributed by atoms with Gasteiger partial charge in [-0.05, 0) is 47.4 Å². The molecule has 0 aromatic heterocycles. The fourth-order valence-electron chi connectivity index (χ4n) is 6.17. The summed E-state index contributed by atoms with van der Waals surface area (Å²) in [6.45, 7) is 3.11. The lowest BCUT2D eigenvalue weighted by Crippen LogP contribution is -2.76. The van der Waals surface area contributed by atoms with Crippen LogP contribution in [0, 0.1) is 0 Å². The van der Waals surface area contributed by atoms with Crippen LogP contribution in [-0.4, -0.2) is 87.6 Å². The molecule has 2 heterocycles. The van der Waals surface area contributed by atoms with Crippen LogP contribution in [0.3, 0.4) is 0 Å². The number of hydrogen-bond donors (Lipinski definition) is 3. The SMILES string of the molecule is CCCCCN1CC(=O)N2C(Cc3ccc(O)cc3)C(=O)N(Cc3cccc(C(=O)NOC)c3)CC2N1C(=O)NCc1ccccc1. The second-order valence-corrected chi connectivity index (χ2v) is 11.8. The van der Waals surface area contributed by atoms with E-state index < -0.39 is 18.1 Å². The first-order chi connectivity index (χ1) is 22.8. The molecule has 12 heteroatoms. The topological polar surface area (TPSA) is 135 Å². The molecule has 12 nitrogen and oxygen atoms in total. The molecule has 3 N–H and O–H groups in total. The Hall–Kier alpha value is -4.94. The predicted molar refractivity (Wildman–Crippen MR) is 174 cm³/mol. The number of hydroxylamine groups is 1. The number of aromatic hydroxyl groups is 1. The Morgan fingerprint density at radius 1 is 0.936 bits per heavy atom. The first-order valence-corrected chi connectivity index (χ1v) is 15.9. The van der Waals surface area contributed by atoms with Crippen LogP contribution >= 0.6 is 0 Å². The minimum atomic E-state index is -0.895. The second-order valence-electron chi connectivity index (χ2n) is 11.8. The third-order valence-electron chi connectivity index (χ3n) is 8.47. The van der Waals surface area contributed by atoms with E-state index in [4.69, 9.17) is 4.84 Å². The van der Waals surface area contributed by atoms with E-state index in [0.717, 1.165) is 30.4 Å². The second kappa shape index (κ2) is 15.6. The van der Waals surface area contributed by atoms with Crippen LogP contribution < -0.4 is 10.8 Å². The number of benzene rings is 3. The molecule has 248 valence electrons. The van der Waals surface area contributed by atoms with Crippen molar-refractivity contribution in [3.05, 3.63) is 101 Å².